The van der Waals surface area contributed by atoms with Crippen LogP contribution in [0.4, 0.5) is 0 Å². The third-order valence-corrected chi connectivity index (χ3v) is 7.87. The van der Waals surface area contributed by atoms with E-state index in [1.165, 1.54) is 0 Å². The lowest BCUT2D eigenvalue weighted by Crippen LogP contribution is -2.38. The SMILES string of the molecule is CCC(O)(O)C(C)C1OC1CC(C)/C=C/C=C(\C)C1OC(=O)C(O)CCCC(C)(OC)C/C=C/C1C. The number of carbonyl (C=O) groups is 1. The summed E-state index contributed by atoms with van der Waals surface area (Å²) in [4.78, 5) is 12.6. The second-order valence-electron chi connectivity index (χ2n) is 11.1. The number of ether oxygens (including phenoxy) is 3. The van der Waals surface area contributed by atoms with Gasteiger partial charge in [0, 0.05) is 18.9 Å². The standard InChI is InChI=1S/C29H48O7/c1-8-29(32,33)22(5)26-24(35-26)18-19(2)12-9-13-20(3)25-21(4)14-10-16-28(6,34-7)17-11-15-23(30)27(31)36-25/h9-10,12-14,19,21-26,30,32-33H,8,11,15-18H2,1-7H3/b12-9+,14-10+,20-13+. The minimum atomic E-state index is -1.70. The van der Waals surface area contributed by atoms with Crippen molar-refractivity contribution >= 4 is 5.97 Å². The van der Waals surface area contributed by atoms with Gasteiger partial charge in [0.1, 0.15) is 6.10 Å². The second kappa shape index (κ2) is 13.3. The van der Waals surface area contributed by atoms with E-state index in [4.69, 9.17) is 14.2 Å². The first-order valence-electron chi connectivity index (χ1n) is 13.4. The summed E-state index contributed by atoms with van der Waals surface area (Å²) >= 11 is 0. The molecule has 0 aromatic rings. The summed E-state index contributed by atoms with van der Waals surface area (Å²) in [5.41, 5.74) is 0.567. The number of aliphatic hydroxyl groups is 3. The summed E-state index contributed by atoms with van der Waals surface area (Å²) in [5.74, 6) is -2.47. The molecule has 2 rings (SSSR count). The molecule has 36 heavy (non-hydrogen) atoms. The van der Waals surface area contributed by atoms with Crippen LogP contribution in [-0.4, -0.2) is 64.2 Å². The van der Waals surface area contributed by atoms with E-state index in [9.17, 15) is 20.1 Å². The Morgan fingerprint density at radius 1 is 1.36 bits per heavy atom. The molecule has 0 spiro atoms. The van der Waals surface area contributed by atoms with Crippen LogP contribution in [0.1, 0.15) is 80.1 Å². The first-order chi connectivity index (χ1) is 16.8. The van der Waals surface area contributed by atoms with Crippen LogP contribution < -0.4 is 0 Å². The van der Waals surface area contributed by atoms with E-state index in [0.29, 0.717) is 12.8 Å². The first-order valence-corrected chi connectivity index (χ1v) is 13.4. The molecule has 0 aromatic heterocycles. The van der Waals surface area contributed by atoms with Crippen LogP contribution in [0.15, 0.2) is 36.0 Å². The summed E-state index contributed by atoms with van der Waals surface area (Å²) < 4.78 is 17.2. The summed E-state index contributed by atoms with van der Waals surface area (Å²) in [6.45, 7) is 11.7. The van der Waals surface area contributed by atoms with Gasteiger partial charge in [0.25, 0.3) is 0 Å². The lowest BCUT2D eigenvalue weighted by molar-refractivity contribution is -0.201. The van der Waals surface area contributed by atoms with Crippen LogP contribution in [0.25, 0.3) is 0 Å². The minimum absolute atomic E-state index is 0.0200. The van der Waals surface area contributed by atoms with Crippen molar-refractivity contribution in [3.63, 3.8) is 0 Å². The number of aliphatic hydroxyl groups excluding tert-OH is 1. The van der Waals surface area contributed by atoms with Gasteiger partial charge in [-0.3, -0.25) is 0 Å². The van der Waals surface area contributed by atoms with Gasteiger partial charge in [0.2, 0.25) is 0 Å². The number of esters is 1. The third kappa shape index (κ3) is 8.80. The Hall–Kier alpha value is -1.51. The van der Waals surface area contributed by atoms with Gasteiger partial charge in [-0.05, 0) is 63.9 Å². The maximum absolute atomic E-state index is 12.6. The normalized spacial score (nSPS) is 35.4. The average Bonchev–Trinajstić information content (AvgIpc) is 3.59. The Morgan fingerprint density at radius 3 is 2.69 bits per heavy atom. The molecule has 3 N–H and O–H groups in total. The zero-order chi connectivity index (χ0) is 27.1. The fourth-order valence-corrected chi connectivity index (χ4v) is 4.83. The molecule has 0 aliphatic carbocycles. The Morgan fingerprint density at radius 2 is 2.06 bits per heavy atom. The summed E-state index contributed by atoms with van der Waals surface area (Å²) in [7, 11) is 1.70. The highest BCUT2D eigenvalue weighted by Crippen LogP contribution is 2.39. The summed E-state index contributed by atoms with van der Waals surface area (Å²) in [6.07, 6.45) is 12.0. The molecule has 0 saturated carbocycles. The van der Waals surface area contributed by atoms with Gasteiger partial charge in [0.05, 0.1) is 17.8 Å². The van der Waals surface area contributed by atoms with Crippen LogP contribution in [0.5, 0.6) is 0 Å². The smallest absolute Gasteiger partial charge is 0.335 e. The monoisotopic (exact) mass is 508 g/mol. The van der Waals surface area contributed by atoms with E-state index in [2.05, 4.69) is 32.1 Å². The van der Waals surface area contributed by atoms with Crippen LogP contribution in [-0.2, 0) is 19.0 Å². The van der Waals surface area contributed by atoms with Crippen molar-refractivity contribution in [3.05, 3.63) is 36.0 Å². The number of rotatable bonds is 9. The minimum Gasteiger partial charge on any atom is -0.455 e. The predicted molar refractivity (Wildman–Crippen MR) is 140 cm³/mol. The summed E-state index contributed by atoms with van der Waals surface area (Å²) in [5, 5.41) is 30.5. The van der Waals surface area contributed by atoms with Gasteiger partial charge in [-0.1, -0.05) is 58.1 Å². The fraction of sp³-hybridized carbons (Fsp3) is 0.759. The quantitative estimate of drug-likeness (QED) is 0.139. The van der Waals surface area contributed by atoms with E-state index >= 15 is 0 Å². The summed E-state index contributed by atoms with van der Waals surface area (Å²) in [6, 6.07) is 0. The first kappa shape index (κ1) is 30.7. The lowest BCUT2D eigenvalue weighted by atomic mass is 9.90. The largest absolute Gasteiger partial charge is 0.455 e. The van der Waals surface area contributed by atoms with Gasteiger partial charge in [-0.25, -0.2) is 4.79 Å². The molecule has 2 aliphatic heterocycles. The highest BCUT2D eigenvalue weighted by atomic mass is 16.6. The molecule has 2 heterocycles. The molecule has 7 nitrogen and oxygen atoms in total. The molecule has 8 unspecified atom stereocenters. The highest BCUT2D eigenvalue weighted by Gasteiger charge is 2.49. The number of hydrogen-bond acceptors (Lipinski definition) is 7. The van der Waals surface area contributed by atoms with Crippen molar-refractivity contribution < 1.29 is 34.3 Å². The van der Waals surface area contributed by atoms with Gasteiger partial charge in [-0.15, -0.1) is 0 Å². The molecular weight excluding hydrogens is 460 g/mol. The topological polar surface area (TPSA) is 109 Å². The molecule has 2 aliphatic rings. The molecule has 1 fully saturated rings. The van der Waals surface area contributed by atoms with E-state index in [1.54, 1.807) is 14.0 Å². The van der Waals surface area contributed by atoms with Crippen LogP contribution >= 0.6 is 0 Å². The van der Waals surface area contributed by atoms with Crippen LogP contribution in [0, 0.1) is 17.8 Å². The maximum atomic E-state index is 12.6. The third-order valence-electron chi connectivity index (χ3n) is 7.87. The Balaban J connectivity index is 2.03. The van der Waals surface area contributed by atoms with Crippen LogP contribution in [0.3, 0.4) is 0 Å². The average molecular weight is 509 g/mol. The van der Waals surface area contributed by atoms with Crippen molar-refractivity contribution in [2.45, 2.75) is 116 Å². The Kier molecular flexibility index (Phi) is 11.4. The van der Waals surface area contributed by atoms with Crippen molar-refractivity contribution in [2.75, 3.05) is 7.11 Å². The van der Waals surface area contributed by atoms with Gasteiger partial charge >= 0.3 is 5.97 Å². The molecule has 0 amide bonds. The number of methoxy groups -OCH3 is 1. The Bertz CT molecular complexity index is 801. The molecule has 206 valence electrons. The van der Waals surface area contributed by atoms with E-state index in [-0.39, 0.29) is 42.0 Å². The highest BCUT2D eigenvalue weighted by molar-refractivity contribution is 5.74. The molecule has 0 radical (unpaired) electrons. The maximum Gasteiger partial charge on any atom is 0.335 e. The second-order valence-corrected chi connectivity index (χ2v) is 11.1. The number of hydrogen-bond donors (Lipinski definition) is 3. The van der Waals surface area contributed by atoms with Gasteiger partial charge < -0.3 is 29.5 Å². The fourth-order valence-electron chi connectivity index (χ4n) is 4.83. The van der Waals surface area contributed by atoms with E-state index in [1.807, 2.05) is 32.9 Å². The molecule has 0 aromatic carbocycles. The predicted octanol–water partition coefficient (Wildman–Crippen LogP) is 4.45. The number of carbonyl (C=O) groups excluding carboxylic acids is 1. The zero-order valence-corrected chi connectivity index (χ0v) is 23.1. The number of epoxide rings is 1. The van der Waals surface area contributed by atoms with Crippen molar-refractivity contribution in [2.24, 2.45) is 17.8 Å². The molecule has 8 atom stereocenters. The van der Waals surface area contributed by atoms with Crippen molar-refractivity contribution in [1.29, 1.82) is 0 Å². The number of cyclic esters (lactones) is 1. The molecule has 1 saturated heterocycles. The lowest BCUT2D eigenvalue weighted by Gasteiger charge is -2.29. The van der Waals surface area contributed by atoms with E-state index in [0.717, 1.165) is 24.8 Å². The number of allylic oxidation sites excluding steroid dienone is 3. The molecule has 7 heteroatoms. The van der Waals surface area contributed by atoms with Gasteiger partial charge in [-0.2, -0.15) is 0 Å². The van der Waals surface area contributed by atoms with Crippen LogP contribution in [0.2, 0.25) is 0 Å². The Labute approximate surface area is 217 Å². The van der Waals surface area contributed by atoms with E-state index < -0.39 is 24.0 Å². The van der Waals surface area contributed by atoms with Gasteiger partial charge in [0.15, 0.2) is 11.9 Å². The zero-order valence-electron chi connectivity index (χ0n) is 23.1. The van der Waals surface area contributed by atoms with Crippen molar-refractivity contribution in [3.8, 4) is 0 Å². The van der Waals surface area contributed by atoms with Crippen molar-refractivity contribution in [1.82, 2.24) is 0 Å². The molecule has 0 bridgehead atoms. The molecular formula is C29H48O7.